The van der Waals surface area contributed by atoms with Gasteiger partial charge in [-0.25, -0.2) is 9.79 Å². The summed E-state index contributed by atoms with van der Waals surface area (Å²) in [5.41, 5.74) is 3.17. The number of piperazine rings is 1. The van der Waals surface area contributed by atoms with Crippen molar-refractivity contribution in [3.63, 3.8) is 0 Å². The van der Waals surface area contributed by atoms with Gasteiger partial charge in [-0.05, 0) is 38.0 Å². The van der Waals surface area contributed by atoms with E-state index in [1.54, 1.807) is 11.3 Å². The molecule has 2 aliphatic heterocycles. The third-order valence-electron chi connectivity index (χ3n) is 6.45. The number of alkyl carbamates (subject to hydrolysis) is 1. The molecule has 32 heavy (non-hydrogen) atoms. The number of rotatable bonds is 4. The summed E-state index contributed by atoms with van der Waals surface area (Å²) in [4.78, 5) is 20.9. The molecule has 3 heterocycles. The summed E-state index contributed by atoms with van der Waals surface area (Å²) in [5, 5.41) is 7.64. The molecule has 1 amide bonds. The topological polar surface area (TPSA) is 66.0 Å². The second-order valence-corrected chi connectivity index (χ2v) is 10.7. The second kappa shape index (κ2) is 9.11. The van der Waals surface area contributed by atoms with Crippen molar-refractivity contribution in [2.24, 2.45) is 10.9 Å². The molecule has 7 nitrogen and oxygen atoms in total. The van der Waals surface area contributed by atoms with Crippen LogP contribution in [0, 0.1) is 12.8 Å². The number of likely N-dealkylation sites (N-methyl/N-ethyl adjacent to an activating group) is 1. The van der Waals surface area contributed by atoms with Crippen molar-refractivity contribution < 1.29 is 14.0 Å². The average molecular weight is 457 g/mol. The number of carbonyl (C=O) groups excluding carboxylic acids is 1. The number of hydrogen-bond donors (Lipinski definition) is 2. The predicted molar refractivity (Wildman–Crippen MR) is 131 cm³/mol. The van der Waals surface area contributed by atoms with Crippen LogP contribution in [0.4, 0.5) is 21.2 Å². The number of amides is 1. The number of carbonyl (C=O) groups is 1. The number of benzene rings is 1. The van der Waals surface area contributed by atoms with Gasteiger partial charge >= 0.3 is 6.09 Å². The molecular formula is C24H34N5O2S+. The van der Waals surface area contributed by atoms with Gasteiger partial charge in [0.15, 0.2) is 0 Å². The normalized spacial score (nSPS) is 18.1. The van der Waals surface area contributed by atoms with Crippen LogP contribution in [0.3, 0.4) is 0 Å². The zero-order valence-electron chi connectivity index (χ0n) is 19.6. The van der Waals surface area contributed by atoms with Crippen LogP contribution >= 0.6 is 11.3 Å². The standard InChI is InChI=1S/C24H33N5O2S/c1-16(2)18(4)25-24(30)31-15-29(5)12-10-28(11-13-29)22-19-14-17(3)32-23(19)27-21-9-7-6-8-20(21)26-22/h6-9,14,16,18H,10-13,15H2,1-5H3,(H-,25,26,27,30)/p+1. The van der Waals surface area contributed by atoms with Gasteiger partial charge < -0.3 is 20.3 Å². The Hall–Kier alpha value is -2.58. The largest absolute Gasteiger partial charge is 0.411 e. The molecule has 2 aromatic rings. The van der Waals surface area contributed by atoms with E-state index in [0.29, 0.717) is 17.1 Å². The molecule has 8 heteroatoms. The highest BCUT2D eigenvalue weighted by Crippen LogP contribution is 2.39. The summed E-state index contributed by atoms with van der Waals surface area (Å²) in [7, 11) is 2.16. The van der Waals surface area contributed by atoms with Crippen LogP contribution in [-0.2, 0) is 4.74 Å². The fourth-order valence-electron chi connectivity index (χ4n) is 3.89. The quantitative estimate of drug-likeness (QED) is 0.656. The molecule has 1 atom stereocenters. The Morgan fingerprint density at radius 2 is 2.00 bits per heavy atom. The van der Waals surface area contributed by atoms with Gasteiger partial charge in [0.05, 0.1) is 50.2 Å². The monoisotopic (exact) mass is 456 g/mol. The molecule has 0 spiro atoms. The van der Waals surface area contributed by atoms with Crippen molar-refractivity contribution in [1.29, 1.82) is 0 Å². The number of fused-ring (bicyclic) bond motifs is 2. The Balaban J connectivity index is 1.44. The second-order valence-electron chi connectivity index (χ2n) is 9.47. The highest BCUT2D eigenvalue weighted by molar-refractivity contribution is 7.16. The van der Waals surface area contributed by atoms with Crippen LogP contribution in [0.2, 0.25) is 0 Å². The lowest BCUT2D eigenvalue weighted by molar-refractivity contribution is -0.928. The van der Waals surface area contributed by atoms with E-state index < -0.39 is 0 Å². The van der Waals surface area contributed by atoms with Crippen molar-refractivity contribution in [1.82, 2.24) is 10.2 Å². The number of para-hydroxylation sites is 2. The van der Waals surface area contributed by atoms with Crippen LogP contribution in [0.25, 0.3) is 0 Å². The van der Waals surface area contributed by atoms with Gasteiger partial charge in [-0.3, -0.25) is 4.48 Å². The highest BCUT2D eigenvalue weighted by atomic mass is 32.1. The Labute approximate surface area is 194 Å². The first kappa shape index (κ1) is 22.6. The fourth-order valence-corrected chi connectivity index (χ4v) is 4.81. The Kier molecular flexibility index (Phi) is 6.44. The molecule has 1 saturated heterocycles. The van der Waals surface area contributed by atoms with Crippen molar-refractivity contribution >= 4 is 39.6 Å². The van der Waals surface area contributed by atoms with Crippen LogP contribution in [0.15, 0.2) is 35.3 Å². The highest BCUT2D eigenvalue weighted by Gasteiger charge is 2.33. The average Bonchev–Trinajstić information content (AvgIpc) is 3.04. The number of aliphatic imine (C=N–C) groups is 1. The molecule has 2 aliphatic rings. The zero-order chi connectivity index (χ0) is 22.9. The number of nitrogens with zero attached hydrogens (tertiary/aromatic N) is 3. The van der Waals surface area contributed by atoms with Gasteiger partial charge in [-0.1, -0.05) is 26.0 Å². The van der Waals surface area contributed by atoms with Gasteiger partial charge in [0.25, 0.3) is 0 Å². The first-order valence-electron chi connectivity index (χ1n) is 11.3. The van der Waals surface area contributed by atoms with Gasteiger partial charge in [-0.2, -0.15) is 0 Å². The van der Waals surface area contributed by atoms with E-state index in [1.807, 2.05) is 19.1 Å². The molecule has 0 saturated carbocycles. The van der Waals surface area contributed by atoms with Crippen molar-refractivity contribution in [3.05, 3.63) is 40.8 Å². The Bertz CT molecular complexity index is 1010. The van der Waals surface area contributed by atoms with Gasteiger partial charge in [0, 0.05) is 10.9 Å². The third kappa shape index (κ3) is 4.91. The lowest BCUT2D eigenvalue weighted by Gasteiger charge is -2.42. The van der Waals surface area contributed by atoms with Gasteiger partial charge in [-0.15, -0.1) is 11.3 Å². The lowest BCUT2D eigenvalue weighted by atomic mass is 10.1. The van der Waals surface area contributed by atoms with Crippen molar-refractivity contribution in [3.8, 4) is 0 Å². The number of aryl methyl sites for hydroxylation is 1. The molecule has 0 radical (unpaired) electrons. The van der Waals surface area contributed by atoms with Crippen LogP contribution in [0.1, 0.15) is 31.2 Å². The summed E-state index contributed by atoms with van der Waals surface area (Å²) in [5.74, 6) is 1.40. The molecule has 1 unspecified atom stereocenters. The smallest absolute Gasteiger partial charge is 0.399 e. The first-order chi connectivity index (χ1) is 15.2. The maximum Gasteiger partial charge on any atom is 0.411 e. The van der Waals surface area contributed by atoms with E-state index in [9.17, 15) is 4.79 Å². The SMILES string of the molecule is Cc1cc2c(s1)Nc1ccccc1N=C2N1CC[N+](C)(COC(=O)NC(C)C(C)C)CC1. The molecule has 1 aromatic carbocycles. The number of anilines is 2. The summed E-state index contributed by atoms with van der Waals surface area (Å²) in [6, 6.07) is 10.5. The third-order valence-corrected chi connectivity index (χ3v) is 7.41. The molecule has 4 rings (SSSR count). The molecule has 172 valence electrons. The van der Waals surface area contributed by atoms with E-state index in [4.69, 9.17) is 9.73 Å². The van der Waals surface area contributed by atoms with Crippen molar-refractivity contribution in [2.45, 2.75) is 33.7 Å². The predicted octanol–water partition coefficient (Wildman–Crippen LogP) is 4.68. The summed E-state index contributed by atoms with van der Waals surface area (Å²) < 4.78 is 6.28. The maximum absolute atomic E-state index is 12.2. The van der Waals surface area contributed by atoms with Crippen LogP contribution in [-0.4, -0.2) is 67.3 Å². The van der Waals surface area contributed by atoms with Crippen molar-refractivity contribution in [2.75, 3.05) is 45.3 Å². The first-order valence-corrected chi connectivity index (χ1v) is 12.1. The molecular weight excluding hydrogens is 422 g/mol. The van der Waals surface area contributed by atoms with E-state index in [1.165, 1.54) is 4.88 Å². The maximum atomic E-state index is 12.2. The molecule has 0 bridgehead atoms. The molecule has 2 N–H and O–H groups in total. The fraction of sp³-hybridized carbons (Fsp3) is 0.500. The minimum absolute atomic E-state index is 0.0950. The number of hydrogen-bond acceptors (Lipinski definition) is 6. The summed E-state index contributed by atoms with van der Waals surface area (Å²) in [6.07, 6.45) is -0.331. The molecule has 1 fully saturated rings. The van der Waals surface area contributed by atoms with Gasteiger partial charge in [0.1, 0.15) is 10.8 Å². The number of thiophene rings is 1. The lowest BCUT2D eigenvalue weighted by Crippen LogP contribution is -2.59. The molecule has 0 aliphatic carbocycles. The Morgan fingerprint density at radius 1 is 1.28 bits per heavy atom. The van der Waals surface area contributed by atoms with E-state index >= 15 is 0 Å². The molecule has 1 aromatic heterocycles. The number of ether oxygens (including phenoxy) is 1. The van der Waals surface area contributed by atoms with E-state index in [2.05, 4.69) is 61.6 Å². The summed E-state index contributed by atoms with van der Waals surface area (Å²) in [6.45, 7) is 12.2. The minimum Gasteiger partial charge on any atom is -0.399 e. The Morgan fingerprint density at radius 3 is 2.72 bits per heavy atom. The van der Waals surface area contributed by atoms with Gasteiger partial charge in [0.2, 0.25) is 6.73 Å². The zero-order valence-corrected chi connectivity index (χ0v) is 20.5. The number of quaternary nitrogens is 1. The van der Waals surface area contributed by atoms with E-state index in [0.717, 1.165) is 54.0 Å². The number of amidine groups is 1. The van der Waals surface area contributed by atoms with E-state index in [-0.39, 0.29) is 12.1 Å². The van der Waals surface area contributed by atoms with Crippen LogP contribution < -0.4 is 10.6 Å². The minimum atomic E-state index is -0.331. The van der Waals surface area contributed by atoms with Crippen LogP contribution in [0.5, 0.6) is 0 Å². The summed E-state index contributed by atoms with van der Waals surface area (Å²) >= 11 is 1.77. The number of nitrogens with one attached hydrogen (secondary N) is 2.